The highest BCUT2D eigenvalue weighted by Gasteiger charge is 2.22. The largest absolute Gasteiger partial charge is 0.310 e. The molecule has 0 aliphatic carbocycles. The summed E-state index contributed by atoms with van der Waals surface area (Å²) in [6.45, 7) is 0. The van der Waals surface area contributed by atoms with E-state index in [1.165, 1.54) is 71.5 Å². The quantitative estimate of drug-likeness (QED) is 0.141. The summed E-state index contributed by atoms with van der Waals surface area (Å²) in [7, 11) is 0. The highest BCUT2D eigenvalue weighted by molar-refractivity contribution is 6.10. The van der Waals surface area contributed by atoms with Crippen molar-refractivity contribution >= 4 is 49.6 Å². The molecule has 0 unspecified atom stereocenters. The van der Waals surface area contributed by atoms with Crippen LogP contribution >= 0.6 is 0 Å². The molecule has 0 fully saturated rings. The maximum Gasteiger partial charge on any atom is 0.0541 e. The summed E-state index contributed by atoms with van der Waals surface area (Å²) in [6, 6.07) is 97.0. The molecule has 0 aliphatic heterocycles. The summed E-state index contributed by atoms with van der Waals surface area (Å²) in [5, 5.41) is 4.99. The number of rotatable bonds is 9. The second-order valence-electron chi connectivity index (χ2n) is 16.9. The normalized spacial score (nSPS) is 11.3. The molecule has 66 heavy (non-hydrogen) atoms. The van der Waals surface area contributed by atoms with E-state index in [1.807, 2.05) is 0 Å². The molecule has 0 aliphatic rings. The fourth-order valence-electron chi connectivity index (χ4n) is 9.85. The molecule has 2 heteroatoms. The van der Waals surface area contributed by atoms with E-state index in [1.54, 1.807) is 0 Å². The lowest BCUT2D eigenvalue weighted by atomic mass is 9.92. The second-order valence-corrected chi connectivity index (χ2v) is 16.9. The Hall–Kier alpha value is -8.72. The van der Waals surface area contributed by atoms with Gasteiger partial charge in [0.15, 0.2) is 0 Å². The van der Waals surface area contributed by atoms with E-state index in [0.29, 0.717) is 0 Å². The van der Waals surface area contributed by atoms with Crippen molar-refractivity contribution in [2.45, 2.75) is 0 Å². The monoisotopic (exact) mass is 840 g/mol. The van der Waals surface area contributed by atoms with Crippen LogP contribution in [-0.2, 0) is 0 Å². The number of anilines is 3. The van der Waals surface area contributed by atoms with Crippen molar-refractivity contribution in [1.29, 1.82) is 0 Å². The van der Waals surface area contributed by atoms with Crippen molar-refractivity contribution in [1.82, 2.24) is 4.57 Å². The van der Waals surface area contributed by atoms with Gasteiger partial charge in [-0.05, 0) is 116 Å². The molecule has 0 bridgehead atoms. The zero-order valence-electron chi connectivity index (χ0n) is 36.3. The molecule has 310 valence electrons. The minimum absolute atomic E-state index is 1.07. The van der Waals surface area contributed by atoms with Gasteiger partial charge in [0.25, 0.3) is 0 Å². The standard InChI is InChI=1S/C64H44N2/c1-3-19-47(20-4-1)55-26-9-13-30-61(55)65(53-38-36-46(37-39-53)50-24-17-25-51(42-50)52-35-34-45-18-7-8-23-49(45)43-52)54-40-41-56(60(44-54)48-21-5-2-6-22-48)57-27-10-14-31-62(57)66-63-32-15-11-28-58(63)59-29-12-16-33-64(59)66/h1-44H. The number of nitrogens with zero attached hydrogens (tertiary/aromatic N) is 2. The molecule has 11 aromatic carbocycles. The number of hydrogen-bond donors (Lipinski definition) is 0. The minimum atomic E-state index is 1.07. The number of aromatic nitrogens is 1. The van der Waals surface area contributed by atoms with E-state index in [2.05, 4.69) is 276 Å². The van der Waals surface area contributed by atoms with E-state index in [9.17, 15) is 0 Å². The van der Waals surface area contributed by atoms with Gasteiger partial charge < -0.3 is 9.47 Å². The summed E-state index contributed by atoms with van der Waals surface area (Å²) in [5.74, 6) is 0. The molecular formula is C64H44N2. The molecule has 0 N–H and O–H groups in total. The SMILES string of the molecule is c1ccc(-c2cc(N(c3ccc(-c4cccc(-c5ccc6ccccc6c5)c4)cc3)c3ccccc3-c3ccccc3)ccc2-c2ccccc2-n2c3ccccc3c3ccccc32)cc1. The smallest absolute Gasteiger partial charge is 0.0541 e. The predicted molar refractivity (Wildman–Crippen MR) is 280 cm³/mol. The zero-order valence-corrected chi connectivity index (χ0v) is 36.3. The first-order chi connectivity index (χ1) is 32.7. The molecule has 0 spiro atoms. The van der Waals surface area contributed by atoms with Crippen molar-refractivity contribution in [2.75, 3.05) is 4.90 Å². The first kappa shape index (κ1) is 38.9. The highest BCUT2D eigenvalue weighted by Crippen LogP contribution is 2.46. The Labute approximate surface area is 385 Å². The van der Waals surface area contributed by atoms with Gasteiger partial charge in [-0.15, -0.1) is 0 Å². The number of hydrogen-bond acceptors (Lipinski definition) is 1. The molecule has 0 saturated heterocycles. The lowest BCUT2D eigenvalue weighted by Crippen LogP contribution is -2.11. The van der Waals surface area contributed by atoms with Gasteiger partial charge in [0, 0.05) is 33.3 Å². The van der Waals surface area contributed by atoms with E-state index < -0.39 is 0 Å². The van der Waals surface area contributed by atoms with Crippen LogP contribution in [0.3, 0.4) is 0 Å². The lowest BCUT2D eigenvalue weighted by molar-refractivity contribution is 1.18. The molecule has 12 aromatic rings. The fraction of sp³-hybridized carbons (Fsp3) is 0. The summed E-state index contributed by atoms with van der Waals surface area (Å²) in [5.41, 5.74) is 18.5. The third-order valence-electron chi connectivity index (χ3n) is 13.0. The molecular weight excluding hydrogens is 797 g/mol. The predicted octanol–water partition coefficient (Wildman–Crippen LogP) is 17.7. The maximum absolute atomic E-state index is 2.43. The Kier molecular flexibility index (Phi) is 9.89. The topological polar surface area (TPSA) is 8.17 Å². The van der Waals surface area contributed by atoms with Gasteiger partial charge >= 0.3 is 0 Å². The molecule has 0 atom stereocenters. The van der Waals surface area contributed by atoms with Gasteiger partial charge in [-0.1, -0.05) is 206 Å². The van der Waals surface area contributed by atoms with Gasteiger partial charge in [-0.3, -0.25) is 0 Å². The van der Waals surface area contributed by atoms with Crippen LogP contribution in [0.4, 0.5) is 17.1 Å². The molecule has 0 radical (unpaired) electrons. The average Bonchev–Trinajstić information content (AvgIpc) is 3.74. The van der Waals surface area contributed by atoms with Crippen molar-refractivity contribution in [3.63, 3.8) is 0 Å². The number of benzene rings is 11. The summed E-state index contributed by atoms with van der Waals surface area (Å²) in [6.07, 6.45) is 0. The van der Waals surface area contributed by atoms with Crippen LogP contribution in [0, 0.1) is 0 Å². The summed E-state index contributed by atoms with van der Waals surface area (Å²) < 4.78 is 2.43. The van der Waals surface area contributed by atoms with Crippen molar-refractivity contribution in [2.24, 2.45) is 0 Å². The van der Waals surface area contributed by atoms with Crippen molar-refractivity contribution in [3.05, 3.63) is 267 Å². The van der Waals surface area contributed by atoms with Crippen LogP contribution in [0.2, 0.25) is 0 Å². The van der Waals surface area contributed by atoms with Crippen LogP contribution in [0.1, 0.15) is 0 Å². The Morgan fingerprint density at radius 2 is 0.773 bits per heavy atom. The Balaban J connectivity index is 1.02. The zero-order chi connectivity index (χ0) is 43.8. The number of fused-ring (bicyclic) bond motifs is 4. The molecule has 12 rings (SSSR count). The van der Waals surface area contributed by atoms with Gasteiger partial charge in [0.05, 0.1) is 22.4 Å². The molecule has 0 amide bonds. The van der Waals surface area contributed by atoms with Crippen LogP contribution in [0.15, 0.2) is 267 Å². The highest BCUT2D eigenvalue weighted by atomic mass is 15.1. The van der Waals surface area contributed by atoms with Crippen LogP contribution in [0.25, 0.3) is 93.9 Å². The van der Waals surface area contributed by atoms with E-state index >= 15 is 0 Å². The number of para-hydroxylation sites is 4. The third-order valence-corrected chi connectivity index (χ3v) is 13.0. The second kappa shape index (κ2) is 16.8. The van der Waals surface area contributed by atoms with Crippen molar-refractivity contribution < 1.29 is 0 Å². The van der Waals surface area contributed by atoms with Crippen molar-refractivity contribution in [3.8, 4) is 61.3 Å². The van der Waals surface area contributed by atoms with E-state index in [0.717, 1.165) is 39.4 Å². The molecule has 1 heterocycles. The van der Waals surface area contributed by atoms with Gasteiger partial charge in [-0.25, -0.2) is 0 Å². The Morgan fingerprint density at radius 3 is 1.50 bits per heavy atom. The Bertz CT molecular complexity index is 3640. The third kappa shape index (κ3) is 7.02. The van der Waals surface area contributed by atoms with Gasteiger partial charge in [-0.2, -0.15) is 0 Å². The first-order valence-corrected chi connectivity index (χ1v) is 22.7. The fourth-order valence-corrected chi connectivity index (χ4v) is 9.85. The minimum Gasteiger partial charge on any atom is -0.310 e. The summed E-state index contributed by atoms with van der Waals surface area (Å²) >= 11 is 0. The molecule has 0 saturated carbocycles. The average molecular weight is 841 g/mol. The first-order valence-electron chi connectivity index (χ1n) is 22.7. The van der Waals surface area contributed by atoms with Gasteiger partial charge in [0.1, 0.15) is 0 Å². The van der Waals surface area contributed by atoms with Crippen LogP contribution in [-0.4, -0.2) is 4.57 Å². The lowest BCUT2D eigenvalue weighted by Gasteiger charge is -2.29. The van der Waals surface area contributed by atoms with Gasteiger partial charge in [0.2, 0.25) is 0 Å². The molecule has 2 nitrogen and oxygen atoms in total. The van der Waals surface area contributed by atoms with E-state index in [-0.39, 0.29) is 0 Å². The van der Waals surface area contributed by atoms with Crippen LogP contribution < -0.4 is 4.90 Å². The molecule has 1 aromatic heterocycles. The Morgan fingerprint density at radius 1 is 0.258 bits per heavy atom. The maximum atomic E-state index is 2.43. The van der Waals surface area contributed by atoms with Crippen LogP contribution in [0.5, 0.6) is 0 Å². The summed E-state index contributed by atoms with van der Waals surface area (Å²) in [4.78, 5) is 2.42. The van der Waals surface area contributed by atoms with E-state index in [4.69, 9.17) is 0 Å².